The molecule has 0 bridgehead atoms. The van der Waals surface area contributed by atoms with Gasteiger partial charge in [0, 0.05) is 7.05 Å². The number of aromatic amines is 1. The first-order valence-corrected chi connectivity index (χ1v) is 6.06. The first kappa shape index (κ1) is 11.7. The van der Waals surface area contributed by atoms with Crippen LogP contribution in [0.15, 0.2) is 30.5 Å². The third kappa shape index (κ3) is 2.17. The molecule has 0 radical (unpaired) electrons. The molecule has 96 valence electrons. The quantitative estimate of drug-likeness (QED) is 0.684. The van der Waals surface area contributed by atoms with Crippen LogP contribution in [0.1, 0.15) is 0 Å². The van der Waals surface area contributed by atoms with Crippen molar-refractivity contribution in [3.8, 4) is 0 Å². The second-order valence-corrected chi connectivity index (χ2v) is 4.29. The van der Waals surface area contributed by atoms with E-state index in [1.807, 2.05) is 24.3 Å². The fraction of sp³-hybridized carbons (Fsp3) is 0.0833. The Kier molecular flexibility index (Phi) is 2.92. The SMILES string of the molecule is CNc1nc(Nc2ccccc2Cl)c2cn[nH]c2n1. The van der Waals surface area contributed by atoms with Crippen molar-refractivity contribution in [2.75, 3.05) is 17.7 Å². The molecule has 19 heavy (non-hydrogen) atoms. The molecule has 1 aromatic carbocycles. The average molecular weight is 275 g/mol. The number of aromatic nitrogens is 4. The molecular weight excluding hydrogens is 264 g/mol. The van der Waals surface area contributed by atoms with E-state index in [9.17, 15) is 0 Å². The molecule has 0 aliphatic carbocycles. The van der Waals surface area contributed by atoms with Crippen LogP contribution in [-0.2, 0) is 0 Å². The van der Waals surface area contributed by atoms with Crippen LogP contribution in [0, 0.1) is 0 Å². The van der Waals surface area contributed by atoms with Gasteiger partial charge in [-0.25, -0.2) is 0 Å². The summed E-state index contributed by atoms with van der Waals surface area (Å²) in [5.41, 5.74) is 1.45. The van der Waals surface area contributed by atoms with Crippen molar-refractivity contribution in [1.29, 1.82) is 0 Å². The lowest BCUT2D eigenvalue weighted by Gasteiger charge is -2.09. The summed E-state index contributed by atoms with van der Waals surface area (Å²) in [6, 6.07) is 7.48. The Bertz CT molecular complexity index is 723. The molecular formula is C12H11ClN6. The molecule has 3 rings (SSSR count). The molecule has 0 spiro atoms. The maximum Gasteiger partial charge on any atom is 0.226 e. The van der Waals surface area contributed by atoms with E-state index in [4.69, 9.17) is 11.6 Å². The van der Waals surface area contributed by atoms with Gasteiger partial charge < -0.3 is 10.6 Å². The topological polar surface area (TPSA) is 78.5 Å². The monoisotopic (exact) mass is 274 g/mol. The fourth-order valence-corrected chi connectivity index (χ4v) is 1.92. The number of anilines is 3. The minimum absolute atomic E-state index is 0.506. The number of rotatable bonds is 3. The molecule has 0 saturated heterocycles. The summed E-state index contributed by atoms with van der Waals surface area (Å²) in [7, 11) is 1.76. The lowest BCUT2D eigenvalue weighted by Crippen LogP contribution is -2.01. The molecule has 6 nitrogen and oxygen atoms in total. The summed E-state index contributed by atoms with van der Waals surface area (Å²) in [4.78, 5) is 8.64. The molecule has 0 unspecified atom stereocenters. The van der Waals surface area contributed by atoms with Crippen molar-refractivity contribution in [2.24, 2.45) is 0 Å². The van der Waals surface area contributed by atoms with Crippen molar-refractivity contribution in [1.82, 2.24) is 20.2 Å². The number of hydrogen-bond acceptors (Lipinski definition) is 5. The lowest BCUT2D eigenvalue weighted by molar-refractivity contribution is 1.09. The number of para-hydroxylation sites is 1. The number of fused-ring (bicyclic) bond motifs is 1. The van der Waals surface area contributed by atoms with Crippen LogP contribution in [0.5, 0.6) is 0 Å². The van der Waals surface area contributed by atoms with Gasteiger partial charge in [0.25, 0.3) is 0 Å². The number of hydrogen-bond donors (Lipinski definition) is 3. The summed E-state index contributed by atoms with van der Waals surface area (Å²) in [6.45, 7) is 0. The van der Waals surface area contributed by atoms with E-state index in [-0.39, 0.29) is 0 Å². The number of H-pyrrole nitrogens is 1. The number of halogens is 1. The molecule has 0 aliphatic rings. The van der Waals surface area contributed by atoms with E-state index in [1.54, 1.807) is 13.2 Å². The Morgan fingerprint density at radius 1 is 1.21 bits per heavy atom. The highest BCUT2D eigenvalue weighted by atomic mass is 35.5. The largest absolute Gasteiger partial charge is 0.357 e. The predicted molar refractivity (Wildman–Crippen MR) is 76.0 cm³/mol. The van der Waals surface area contributed by atoms with Crippen LogP contribution in [-0.4, -0.2) is 27.2 Å². The van der Waals surface area contributed by atoms with Crippen LogP contribution in [0.4, 0.5) is 17.5 Å². The summed E-state index contributed by atoms with van der Waals surface area (Å²) >= 11 is 6.13. The number of nitrogens with one attached hydrogen (secondary N) is 3. The Morgan fingerprint density at radius 2 is 2.05 bits per heavy atom. The van der Waals surface area contributed by atoms with Crippen LogP contribution in [0.3, 0.4) is 0 Å². The molecule has 0 fully saturated rings. The lowest BCUT2D eigenvalue weighted by atomic mass is 10.3. The normalized spacial score (nSPS) is 10.6. The molecule has 0 aliphatic heterocycles. The van der Waals surface area contributed by atoms with Crippen molar-refractivity contribution in [3.63, 3.8) is 0 Å². The minimum atomic E-state index is 0.506. The predicted octanol–water partition coefficient (Wildman–Crippen LogP) is 2.79. The van der Waals surface area contributed by atoms with Crippen molar-refractivity contribution in [3.05, 3.63) is 35.5 Å². The molecule has 0 amide bonds. The van der Waals surface area contributed by atoms with Gasteiger partial charge >= 0.3 is 0 Å². The van der Waals surface area contributed by atoms with Crippen molar-refractivity contribution >= 4 is 40.1 Å². The highest BCUT2D eigenvalue weighted by Crippen LogP contribution is 2.27. The zero-order valence-corrected chi connectivity index (χ0v) is 10.9. The molecule has 3 aromatic rings. The highest BCUT2D eigenvalue weighted by Gasteiger charge is 2.10. The third-order valence-electron chi connectivity index (χ3n) is 2.66. The second kappa shape index (κ2) is 4.74. The first-order valence-electron chi connectivity index (χ1n) is 5.68. The van der Waals surface area contributed by atoms with Gasteiger partial charge in [-0.3, -0.25) is 5.10 Å². The molecule has 0 atom stereocenters. The molecule has 3 N–H and O–H groups in total. The van der Waals surface area contributed by atoms with Crippen LogP contribution >= 0.6 is 11.6 Å². The van der Waals surface area contributed by atoms with Gasteiger partial charge in [-0.1, -0.05) is 23.7 Å². The zero-order chi connectivity index (χ0) is 13.2. The Labute approximate surface area is 114 Å². The summed E-state index contributed by atoms with van der Waals surface area (Å²) in [5.74, 6) is 1.16. The standard InChI is InChI=1S/C12H11ClN6/c1-14-12-17-10(7-6-15-19-11(7)18-12)16-9-5-3-2-4-8(9)13/h2-6H,1H3,(H3,14,15,16,17,18,19). The Balaban J connectivity index is 2.09. The summed E-state index contributed by atoms with van der Waals surface area (Å²) < 4.78 is 0. The van der Waals surface area contributed by atoms with E-state index in [0.29, 0.717) is 22.4 Å². The van der Waals surface area contributed by atoms with Gasteiger partial charge in [-0.05, 0) is 12.1 Å². The smallest absolute Gasteiger partial charge is 0.226 e. The molecule has 2 aromatic heterocycles. The van der Waals surface area contributed by atoms with Gasteiger partial charge in [-0.2, -0.15) is 15.1 Å². The van der Waals surface area contributed by atoms with E-state index in [2.05, 4.69) is 30.8 Å². The Hall–Kier alpha value is -2.34. The van der Waals surface area contributed by atoms with Gasteiger partial charge in [0.1, 0.15) is 5.82 Å². The van der Waals surface area contributed by atoms with E-state index < -0.39 is 0 Å². The zero-order valence-electron chi connectivity index (χ0n) is 10.1. The van der Waals surface area contributed by atoms with Crippen LogP contribution in [0.25, 0.3) is 11.0 Å². The molecule has 2 heterocycles. The van der Waals surface area contributed by atoms with E-state index in [0.717, 1.165) is 11.1 Å². The van der Waals surface area contributed by atoms with Gasteiger partial charge in [0.05, 0.1) is 22.3 Å². The first-order chi connectivity index (χ1) is 9.28. The average Bonchev–Trinajstić information content (AvgIpc) is 2.89. The van der Waals surface area contributed by atoms with E-state index >= 15 is 0 Å². The fourth-order valence-electron chi connectivity index (χ4n) is 1.73. The van der Waals surface area contributed by atoms with E-state index in [1.165, 1.54) is 0 Å². The summed E-state index contributed by atoms with van der Waals surface area (Å²) in [6.07, 6.45) is 1.67. The highest BCUT2D eigenvalue weighted by molar-refractivity contribution is 6.33. The molecule has 0 saturated carbocycles. The summed E-state index contributed by atoms with van der Waals surface area (Å²) in [5, 5.41) is 14.3. The van der Waals surface area contributed by atoms with Crippen molar-refractivity contribution < 1.29 is 0 Å². The van der Waals surface area contributed by atoms with Gasteiger partial charge in [-0.15, -0.1) is 0 Å². The van der Waals surface area contributed by atoms with Crippen molar-refractivity contribution in [2.45, 2.75) is 0 Å². The van der Waals surface area contributed by atoms with Crippen LogP contribution in [0.2, 0.25) is 5.02 Å². The number of benzene rings is 1. The van der Waals surface area contributed by atoms with Crippen LogP contribution < -0.4 is 10.6 Å². The number of nitrogens with zero attached hydrogens (tertiary/aromatic N) is 3. The molecule has 7 heteroatoms. The minimum Gasteiger partial charge on any atom is -0.357 e. The Morgan fingerprint density at radius 3 is 2.84 bits per heavy atom. The maximum atomic E-state index is 6.13. The maximum absolute atomic E-state index is 6.13. The second-order valence-electron chi connectivity index (χ2n) is 3.88. The van der Waals surface area contributed by atoms with Gasteiger partial charge in [0.15, 0.2) is 5.65 Å². The van der Waals surface area contributed by atoms with Gasteiger partial charge in [0.2, 0.25) is 5.95 Å². The third-order valence-corrected chi connectivity index (χ3v) is 2.99.